The van der Waals surface area contributed by atoms with Crippen LogP contribution in [0.2, 0.25) is 0 Å². The van der Waals surface area contributed by atoms with Gasteiger partial charge in [0.1, 0.15) is 0 Å². The molecule has 0 atom stereocenters. The Balaban J connectivity index is 2.06. The van der Waals surface area contributed by atoms with Gasteiger partial charge in [0.2, 0.25) is 5.89 Å². The molecule has 112 valence electrons. The van der Waals surface area contributed by atoms with E-state index in [9.17, 15) is 0 Å². The molecule has 1 N–H and O–H groups in total. The molecular formula is C17H23N3O. The van der Waals surface area contributed by atoms with E-state index in [0.29, 0.717) is 0 Å². The summed E-state index contributed by atoms with van der Waals surface area (Å²) in [5.74, 6) is 1.55. The molecule has 0 radical (unpaired) electrons. The first-order valence-electron chi connectivity index (χ1n) is 7.63. The summed E-state index contributed by atoms with van der Waals surface area (Å²) in [6.45, 7) is 8.28. The lowest BCUT2D eigenvalue weighted by atomic mass is 9.73. The first-order chi connectivity index (χ1) is 10.0. The fourth-order valence-electron chi connectivity index (χ4n) is 2.96. The monoisotopic (exact) mass is 285 g/mol. The fraction of sp³-hybridized carbons (Fsp3) is 0.529. The number of hydrogen-bond acceptors (Lipinski definition) is 4. The molecule has 1 aromatic carbocycles. The maximum absolute atomic E-state index is 5.70. The first kappa shape index (κ1) is 14.3. The van der Waals surface area contributed by atoms with E-state index >= 15 is 0 Å². The molecule has 0 amide bonds. The Hall–Kier alpha value is -1.68. The third-order valence-corrected chi connectivity index (χ3v) is 4.29. The topological polar surface area (TPSA) is 51.0 Å². The average molecular weight is 285 g/mol. The van der Waals surface area contributed by atoms with Crippen molar-refractivity contribution in [1.82, 2.24) is 15.5 Å². The van der Waals surface area contributed by atoms with Crippen LogP contribution in [0.4, 0.5) is 0 Å². The lowest BCUT2D eigenvalue weighted by Crippen LogP contribution is -2.41. The molecule has 0 aliphatic carbocycles. The molecule has 4 nitrogen and oxygen atoms in total. The second kappa shape index (κ2) is 5.26. The van der Waals surface area contributed by atoms with Gasteiger partial charge in [-0.25, -0.2) is 0 Å². The molecule has 0 spiro atoms. The minimum absolute atomic E-state index is 0.0907. The predicted molar refractivity (Wildman–Crippen MR) is 82.3 cm³/mol. The van der Waals surface area contributed by atoms with Gasteiger partial charge in [-0.1, -0.05) is 56.3 Å². The van der Waals surface area contributed by atoms with Gasteiger partial charge in [-0.2, -0.15) is 4.98 Å². The summed E-state index contributed by atoms with van der Waals surface area (Å²) < 4.78 is 5.70. The van der Waals surface area contributed by atoms with Gasteiger partial charge >= 0.3 is 0 Å². The largest absolute Gasteiger partial charge is 0.338 e. The van der Waals surface area contributed by atoms with Crippen molar-refractivity contribution >= 4 is 0 Å². The van der Waals surface area contributed by atoms with Crippen molar-refractivity contribution in [2.45, 2.75) is 44.4 Å². The van der Waals surface area contributed by atoms with Gasteiger partial charge in [-0.15, -0.1) is 0 Å². The maximum Gasteiger partial charge on any atom is 0.237 e. The van der Waals surface area contributed by atoms with E-state index in [0.717, 1.165) is 37.6 Å². The highest BCUT2D eigenvalue weighted by atomic mass is 16.5. The van der Waals surface area contributed by atoms with Crippen molar-refractivity contribution in [3.05, 3.63) is 47.6 Å². The molecule has 1 aliphatic rings. The number of aromatic nitrogens is 2. The summed E-state index contributed by atoms with van der Waals surface area (Å²) in [6.07, 6.45) is 1.98. The van der Waals surface area contributed by atoms with Gasteiger partial charge in [0.25, 0.3) is 0 Å². The normalized spacial score (nSPS) is 18.6. The highest BCUT2D eigenvalue weighted by molar-refractivity contribution is 5.33. The quantitative estimate of drug-likeness (QED) is 0.921. The van der Waals surface area contributed by atoms with Crippen molar-refractivity contribution in [3.63, 3.8) is 0 Å². The van der Waals surface area contributed by atoms with Crippen LogP contribution in [0.1, 0.15) is 50.9 Å². The molecule has 1 aromatic heterocycles. The van der Waals surface area contributed by atoms with E-state index in [4.69, 9.17) is 9.51 Å². The second-order valence-corrected chi connectivity index (χ2v) is 6.87. The predicted octanol–water partition coefficient (Wildman–Crippen LogP) is 3.04. The smallest absolute Gasteiger partial charge is 0.237 e. The average Bonchev–Trinajstić information content (AvgIpc) is 2.99. The molecule has 2 aromatic rings. The molecule has 0 bridgehead atoms. The second-order valence-electron chi connectivity index (χ2n) is 6.87. The maximum atomic E-state index is 5.70. The van der Waals surface area contributed by atoms with Gasteiger partial charge in [0, 0.05) is 5.41 Å². The van der Waals surface area contributed by atoms with Crippen LogP contribution >= 0.6 is 0 Å². The van der Waals surface area contributed by atoms with Crippen molar-refractivity contribution in [3.8, 4) is 0 Å². The number of piperidine rings is 1. The van der Waals surface area contributed by atoms with Crippen LogP contribution in [0.5, 0.6) is 0 Å². The summed E-state index contributed by atoms with van der Waals surface area (Å²) in [5.41, 5.74) is 1.03. The molecule has 1 saturated heterocycles. The molecule has 1 fully saturated rings. The Labute approximate surface area is 126 Å². The van der Waals surface area contributed by atoms with Crippen LogP contribution in [0.15, 0.2) is 34.9 Å². The zero-order valence-electron chi connectivity index (χ0n) is 13.0. The van der Waals surface area contributed by atoms with Gasteiger partial charge < -0.3 is 9.84 Å². The van der Waals surface area contributed by atoms with Crippen LogP contribution in [0, 0.1) is 0 Å². The Morgan fingerprint density at radius 3 is 2.33 bits per heavy atom. The van der Waals surface area contributed by atoms with Crippen molar-refractivity contribution in [2.24, 2.45) is 0 Å². The number of nitrogens with zero attached hydrogens (tertiary/aromatic N) is 2. The summed E-state index contributed by atoms with van der Waals surface area (Å²) in [4.78, 5) is 4.75. The third kappa shape index (κ3) is 2.60. The number of nitrogens with one attached hydrogen (secondary N) is 1. The first-order valence-corrected chi connectivity index (χ1v) is 7.63. The third-order valence-electron chi connectivity index (χ3n) is 4.29. The minimum atomic E-state index is -0.150. The zero-order valence-corrected chi connectivity index (χ0v) is 13.0. The van der Waals surface area contributed by atoms with Crippen LogP contribution in [0.25, 0.3) is 0 Å². The summed E-state index contributed by atoms with van der Waals surface area (Å²) in [6, 6.07) is 10.6. The molecule has 4 heteroatoms. The van der Waals surface area contributed by atoms with E-state index in [-0.39, 0.29) is 10.8 Å². The van der Waals surface area contributed by atoms with Crippen LogP contribution in [0.3, 0.4) is 0 Å². The van der Waals surface area contributed by atoms with Crippen LogP contribution < -0.4 is 5.32 Å². The summed E-state index contributed by atoms with van der Waals surface area (Å²) in [5, 5.41) is 7.65. The molecular weight excluding hydrogens is 262 g/mol. The van der Waals surface area contributed by atoms with Gasteiger partial charge in [0.05, 0.1) is 5.41 Å². The number of benzene rings is 1. The Morgan fingerprint density at radius 1 is 1.10 bits per heavy atom. The number of hydrogen-bond donors (Lipinski definition) is 1. The Morgan fingerprint density at radius 2 is 1.76 bits per heavy atom. The van der Waals surface area contributed by atoms with Gasteiger partial charge in [-0.3, -0.25) is 0 Å². The molecule has 1 aliphatic heterocycles. The SMILES string of the molecule is CC(C)(C)c1noc(C2(c3ccccc3)CCNCC2)n1. The Bertz CT molecular complexity index is 592. The minimum Gasteiger partial charge on any atom is -0.338 e. The van der Waals surface area contributed by atoms with Crippen LogP contribution in [-0.4, -0.2) is 23.2 Å². The van der Waals surface area contributed by atoms with E-state index in [1.54, 1.807) is 0 Å². The lowest BCUT2D eigenvalue weighted by molar-refractivity contribution is 0.258. The van der Waals surface area contributed by atoms with Crippen LogP contribution in [-0.2, 0) is 10.8 Å². The lowest BCUT2D eigenvalue weighted by Gasteiger charge is -2.34. The molecule has 0 unspecified atom stereocenters. The Kier molecular flexibility index (Phi) is 3.57. The molecule has 0 saturated carbocycles. The van der Waals surface area contributed by atoms with Gasteiger partial charge in [-0.05, 0) is 31.5 Å². The highest BCUT2D eigenvalue weighted by Gasteiger charge is 2.41. The van der Waals surface area contributed by atoms with E-state index in [1.807, 2.05) is 6.07 Å². The zero-order chi connectivity index (χ0) is 14.9. The van der Waals surface area contributed by atoms with E-state index < -0.39 is 0 Å². The molecule has 3 rings (SSSR count). The highest BCUT2D eigenvalue weighted by Crippen LogP contribution is 2.39. The van der Waals surface area contributed by atoms with Crippen molar-refractivity contribution in [1.29, 1.82) is 0 Å². The molecule has 2 heterocycles. The van der Waals surface area contributed by atoms with Crippen molar-refractivity contribution < 1.29 is 4.52 Å². The summed E-state index contributed by atoms with van der Waals surface area (Å²) in [7, 11) is 0. The standard InChI is InChI=1S/C17H23N3O/c1-16(2,3)14-19-15(21-20-14)17(9-11-18-12-10-17)13-7-5-4-6-8-13/h4-8,18H,9-12H2,1-3H3. The fourth-order valence-corrected chi connectivity index (χ4v) is 2.96. The number of rotatable bonds is 2. The van der Waals surface area contributed by atoms with E-state index in [1.165, 1.54) is 5.56 Å². The van der Waals surface area contributed by atoms with Crippen molar-refractivity contribution in [2.75, 3.05) is 13.1 Å². The van der Waals surface area contributed by atoms with E-state index in [2.05, 4.69) is 55.5 Å². The molecule has 21 heavy (non-hydrogen) atoms. The summed E-state index contributed by atoms with van der Waals surface area (Å²) >= 11 is 0. The van der Waals surface area contributed by atoms with Gasteiger partial charge in [0.15, 0.2) is 5.82 Å².